The lowest BCUT2D eigenvalue weighted by atomic mass is 9.86. The highest BCUT2D eigenvalue weighted by molar-refractivity contribution is 6.32. The van der Waals surface area contributed by atoms with Crippen molar-refractivity contribution in [2.75, 3.05) is 0 Å². The van der Waals surface area contributed by atoms with Crippen LogP contribution in [0.5, 0.6) is 0 Å². The number of carbonyl (C=O) groups excluding carboxylic acids is 1. The standard InChI is InChI=1S/C13H17ClO2/c1-13(2,3)12(16)10(14)11(15)9-7-5-4-6-8-9/h4-8,10-11,15H,1-3H3/t10-,11-/m0/s1. The summed E-state index contributed by atoms with van der Waals surface area (Å²) >= 11 is 6.00. The highest BCUT2D eigenvalue weighted by atomic mass is 35.5. The average molecular weight is 241 g/mol. The van der Waals surface area contributed by atoms with Crippen molar-refractivity contribution in [3.05, 3.63) is 35.9 Å². The number of hydrogen-bond acceptors (Lipinski definition) is 2. The molecule has 16 heavy (non-hydrogen) atoms. The molecule has 0 heterocycles. The maximum Gasteiger partial charge on any atom is 0.158 e. The minimum absolute atomic E-state index is 0.148. The van der Waals surface area contributed by atoms with Crippen LogP contribution < -0.4 is 0 Å². The van der Waals surface area contributed by atoms with Crippen molar-refractivity contribution in [1.29, 1.82) is 0 Å². The predicted octanol–water partition coefficient (Wildman–Crippen LogP) is 2.94. The summed E-state index contributed by atoms with van der Waals surface area (Å²) in [5, 5.41) is 9.07. The molecule has 1 aromatic carbocycles. The van der Waals surface area contributed by atoms with Crippen LogP contribution in [-0.2, 0) is 4.79 Å². The maximum absolute atomic E-state index is 11.9. The molecule has 0 aromatic heterocycles. The molecule has 0 aliphatic carbocycles. The third kappa shape index (κ3) is 3.06. The molecular weight excluding hydrogens is 224 g/mol. The Hall–Kier alpha value is -0.860. The number of benzene rings is 1. The summed E-state index contributed by atoms with van der Waals surface area (Å²) in [6, 6.07) is 8.99. The minimum Gasteiger partial charge on any atom is -0.386 e. The van der Waals surface area contributed by atoms with Gasteiger partial charge in [-0.15, -0.1) is 11.6 Å². The van der Waals surface area contributed by atoms with Gasteiger partial charge in [-0.25, -0.2) is 0 Å². The SMILES string of the molecule is CC(C)(C)C(=O)[C@@H](Cl)[C@@H](O)c1ccccc1. The van der Waals surface area contributed by atoms with E-state index in [1.165, 1.54) is 0 Å². The second-order valence-corrected chi connectivity index (χ2v) is 5.34. The van der Waals surface area contributed by atoms with Crippen LogP contribution >= 0.6 is 11.6 Å². The molecule has 3 heteroatoms. The molecule has 0 spiro atoms. The molecule has 0 amide bonds. The first-order valence-electron chi connectivity index (χ1n) is 5.25. The van der Waals surface area contributed by atoms with Gasteiger partial charge in [0.2, 0.25) is 0 Å². The van der Waals surface area contributed by atoms with Crippen LogP contribution in [-0.4, -0.2) is 16.3 Å². The number of halogens is 1. The van der Waals surface area contributed by atoms with Crippen LogP contribution in [0.1, 0.15) is 32.4 Å². The zero-order chi connectivity index (χ0) is 12.3. The average Bonchev–Trinajstić information content (AvgIpc) is 2.26. The van der Waals surface area contributed by atoms with Crippen molar-refractivity contribution >= 4 is 17.4 Å². The van der Waals surface area contributed by atoms with E-state index < -0.39 is 16.9 Å². The quantitative estimate of drug-likeness (QED) is 0.825. The van der Waals surface area contributed by atoms with Crippen molar-refractivity contribution in [2.24, 2.45) is 5.41 Å². The predicted molar refractivity (Wildman–Crippen MR) is 65.5 cm³/mol. The van der Waals surface area contributed by atoms with Crippen LogP contribution in [0.15, 0.2) is 30.3 Å². The van der Waals surface area contributed by atoms with E-state index in [4.69, 9.17) is 11.6 Å². The second-order valence-electron chi connectivity index (χ2n) is 4.87. The molecule has 1 N–H and O–H groups in total. The van der Waals surface area contributed by atoms with Crippen molar-refractivity contribution < 1.29 is 9.90 Å². The molecule has 0 saturated heterocycles. The Morgan fingerprint density at radius 1 is 1.25 bits per heavy atom. The fraction of sp³-hybridized carbons (Fsp3) is 0.462. The van der Waals surface area contributed by atoms with E-state index in [9.17, 15) is 9.90 Å². The molecular formula is C13H17ClO2. The van der Waals surface area contributed by atoms with E-state index in [1.54, 1.807) is 32.9 Å². The molecule has 0 unspecified atom stereocenters. The highest BCUT2D eigenvalue weighted by Gasteiger charge is 2.33. The van der Waals surface area contributed by atoms with E-state index in [1.807, 2.05) is 18.2 Å². The zero-order valence-electron chi connectivity index (χ0n) is 9.77. The molecule has 88 valence electrons. The van der Waals surface area contributed by atoms with Gasteiger partial charge in [0.1, 0.15) is 11.5 Å². The summed E-state index contributed by atoms with van der Waals surface area (Å²) in [4.78, 5) is 11.9. The van der Waals surface area contributed by atoms with E-state index >= 15 is 0 Å². The molecule has 0 fully saturated rings. The summed E-state index contributed by atoms with van der Waals surface area (Å²) in [6.07, 6.45) is -0.949. The van der Waals surface area contributed by atoms with Gasteiger partial charge in [0.05, 0.1) is 0 Å². The fourth-order valence-electron chi connectivity index (χ4n) is 1.38. The van der Waals surface area contributed by atoms with Crippen molar-refractivity contribution in [3.8, 4) is 0 Å². The number of aliphatic hydroxyl groups excluding tert-OH is 1. The van der Waals surface area contributed by atoms with Gasteiger partial charge in [-0.05, 0) is 5.56 Å². The molecule has 2 atom stereocenters. The summed E-state index contributed by atoms with van der Waals surface area (Å²) in [5.74, 6) is -0.148. The molecule has 0 aliphatic rings. The Kier molecular flexibility index (Phi) is 4.11. The summed E-state index contributed by atoms with van der Waals surface area (Å²) in [7, 11) is 0. The maximum atomic E-state index is 11.9. The Bertz CT molecular complexity index is 354. The van der Waals surface area contributed by atoms with E-state index in [-0.39, 0.29) is 5.78 Å². The lowest BCUT2D eigenvalue weighted by molar-refractivity contribution is -0.127. The van der Waals surface area contributed by atoms with Gasteiger partial charge in [0, 0.05) is 5.41 Å². The minimum atomic E-state index is -0.949. The molecule has 0 radical (unpaired) electrons. The van der Waals surface area contributed by atoms with Crippen LogP contribution in [0.3, 0.4) is 0 Å². The number of ketones is 1. The Morgan fingerprint density at radius 3 is 2.19 bits per heavy atom. The van der Waals surface area contributed by atoms with Crippen molar-refractivity contribution in [1.82, 2.24) is 0 Å². The van der Waals surface area contributed by atoms with Crippen molar-refractivity contribution in [2.45, 2.75) is 32.3 Å². The molecule has 0 aliphatic heterocycles. The van der Waals surface area contributed by atoms with E-state index in [2.05, 4.69) is 0 Å². The third-order valence-electron chi connectivity index (χ3n) is 2.41. The lowest BCUT2D eigenvalue weighted by Gasteiger charge is -2.24. The normalized spacial score (nSPS) is 15.6. The van der Waals surface area contributed by atoms with Gasteiger partial charge in [0.25, 0.3) is 0 Å². The van der Waals surface area contributed by atoms with E-state index in [0.717, 1.165) is 0 Å². The second kappa shape index (κ2) is 4.98. The molecule has 1 rings (SSSR count). The van der Waals surface area contributed by atoms with Gasteiger partial charge in [0.15, 0.2) is 5.78 Å². The lowest BCUT2D eigenvalue weighted by Crippen LogP contribution is -2.33. The topological polar surface area (TPSA) is 37.3 Å². The van der Waals surface area contributed by atoms with Crippen LogP contribution in [0.4, 0.5) is 0 Å². The van der Waals surface area contributed by atoms with Crippen molar-refractivity contribution in [3.63, 3.8) is 0 Å². The number of Topliss-reactive ketones (excluding diaryl/α,β-unsaturated/α-hetero) is 1. The summed E-state index contributed by atoms with van der Waals surface area (Å²) in [6.45, 7) is 5.38. The number of aliphatic hydroxyl groups is 1. The van der Waals surface area contributed by atoms with Gasteiger partial charge in [-0.3, -0.25) is 4.79 Å². The number of alkyl halides is 1. The fourth-order valence-corrected chi connectivity index (χ4v) is 1.85. The monoisotopic (exact) mass is 240 g/mol. The Balaban J connectivity index is 2.83. The van der Waals surface area contributed by atoms with Crippen LogP contribution in [0.25, 0.3) is 0 Å². The Labute approximate surface area is 101 Å². The van der Waals surface area contributed by atoms with Gasteiger partial charge in [-0.2, -0.15) is 0 Å². The zero-order valence-corrected chi connectivity index (χ0v) is 10.5. The van der Waals surface area contributed by atoms with Gasteiger partial charge >= 0.3 is 0 Å². The van der Waals surface area contributed by atoms with Crippen LogP contribution in [0, 0.1) is 5.41 Å². The molecule has 2 nitrogen and oxygen atoms in total. The number of hydrogen-bond donors (Lipinski definition) is 1. The molecule has 0 bridgehead atoms. The highest BCUT2D eigenvalue weighted by Crippen LogP contribution is 2.28. The number of carbonyl (C=O) groups is 1. The number of rotatable bonds is 3. The summed E-state index contributed by atoms with van der Waals surface area (Å²) in [5.41, 5.74) is 0.127. The molecule has 0 saturated carbocycles. The first-order valence-corrected chi connectivity index (χ1v) is 5.69. The van der Waals surface area contributed by atoms with Crippen LogP contribution in [0.2, 0.25) is 0 Å². The summed E-state index contributed by atoms with van der Waals surface area (Å²) < 4.78 is 0. The van der Waals surface area contributed by atoms with Gasteiger partial charge < -0.3 is 5.11 Å². The Morgan fingerprint density at radius 2 is 1.75 bits per heavy atom. The largest absolute Gasteiger partial charge is 0.386 e. The molecule has 1 aromatic rings. The first kappa shape index (κ1) is 13.2. The van der Waals surface area contributed by atoms with Gasteiger partial charge in [-0.1, -0.05) is 51.1 Å². The first-order chi connectivity index (χ1) is 7.34. The smallest absolute Gasteiger partial charge is 0.158 e. The third-order valence-corrected chi connectivity index (χ3v) is 2.84. The van der Waals surface area contributed by atoms with E-state index in [0.29, 0.717) is 5.56 Å².